The topological polar surface area (TPSA) is 155 Å². The normalized spacial score (nSPS) is 10.7. The zero-order valence-electron chi connectivity index (χ0n) is 29.9. The molecule has 1 heterocycles. The summed E-state index contributed by atoms with van der Waals surface area (Å²) in [6, 6.07) is 15.8. The van der Waals surface area contributed by atoms with Crippen LogP contribution in [-0.4, -0.2) is 104 Å². The van der Waals surface area contributed by atoms with Gasteiger partial charge in [-0.25, -0.2) is 13.7 Å². The Hall–Kier alpha value is -4.14. The molecule has 0 aliphatic heterocycles. The maximum Gasteiger partial charge on any atom is 0.354 e. The molecule has 0 aliphatic rings. The van der Waals surface area contributed by atoms with Crippen LogP contribution in [0.1, 0.15) is 0 Å². The van der Waals surface area contributed by atoms with E-state index in [9.17, 15) is 0 Å². The number of para-hydroxylation sites is 4. The molecule has 0 amide bonds. The van der Waals surface area contributed by atoms with E-state index in [0.717, 1.165) is 84.0 Å². The Balaban J connectivity index is 0.000000549. The molecule has 0 saturated carbocycles. The van der Waals surface area contributed by atoms with Gasteiger partial charge in [-0.3, -0.25) is 5.73 Å². The Bertz CT molecular complexity index is 1370. The smallest absolute Gasteiger partial charge is 0.354 e. The fourth-order valence-corrected chi connectivity index (χ4v) is 6.13. The summed E-state index contributed by atoms with van der Waals surface area (Å²) in [6.07, 6.45) is 7.39. The maximum atomic E-state index is 5.99. The lowest BCUT2D eigenvalue weighted by Crippen LogP contribution is -2.44. The first-order valence-corrected chi connectivity index (χ1v) is 18.3. The molecule has 266 valence electrons. The summed E-state index contributed by atoms with van der Waals surface area (Å²) in [5.74, 6) is 3.51. The minimum atomic E-state index is 0.529. The summed E-state index contributed by atoms with van der Waals surface area (Å²) in [5, 5.41) is 9.65. The molecule has 0 radical (unpaired) electrons. The summed E-state index contributed by atoms with van der Waals surface area (Å²) in [4.78, 5) is 1.72. The quantitative estimate of drug-likeness (QED) is 0.0263. The van der Waals surface area contributed by atoms with Crippen LogP contribution in [0, 0.1) is 0 Å². The van der Waals surface area contributed by atoms with Gasteiger partial charge in [0.15, 0.2) is 13.1 Å². The number of nitrogens with two attached hydrogens (primary N) is 4. The van der Waals surface area contributed by atoms with E-state index in [1.54, 1.807) is 17.3 Å². The molecule has 0 aliphatic carbocycles. The van der Waals surface area contributed by atoms with E-state index >= 15 is 0 Å². The third-order valence-electron chi connectivity index (χ3n) is 7.21. The fraction of sp³-hybridized carbons (Fsp3) is 0.412. The number of nitrogen functional groups attached to an aromatic ring is 3. The molecule has 0 spiro atoms. The van der Waals surface area contributed by atoms with Gasteiger partial charge in [0.1, 0.15) is 6.72 Å². The highest BCUT2D eigenvalue weighted by Crippen LogP contribution is 2.21. The number of imidazole rings is 1. The summed E-state index contributed by atoms with van der Waals surface area (Å²) in [5.41, 5.74) is 26.4. The monoisotopic (exact) mass is 701 g/mol. The van der Waals surface area contributed by atoms with Gasteiger partial charge >= 0.3 is 5.95 Å². The van der Waals surface area contributed by atoms with Crippen LogP contribution in [0.2, 0.25) is 0 Å². The zero-order valence-corrected chi connectivity index (χ0v) is 31.5. The molecule has 0 atom stereocenters. The van der Waals surface area contributed by atoms with Crippen molar-refractivity contribution < 1.29 is 13.6 Å². The SMILES string of the molecule is C=C(N)N(C)/C=C\NC.C=[N+](CCNc1ccccc1N)CCSSCC[N+](C)(C)CCNc1ccccc1N.Cn1cc[n+](C)c1N. The maximum absolute atomic E-state index is 5.99. The Morgan fingerprint density at radius 3 is 2.00 bits per heavy atom. The second-order valence-corrected chi connectivity index (χ2v) is 14.5. The Kier molecular flexibility index (Phi) is 20.3. The summed E-state index contributed by atoms with van der Waals surface area (Å²) >= 11 is 0. The summed E-state index contributed by atoms with van der Waals surface area (Å²) < 4.78 is 6.82. The van der Waals surface area contributed by atoms with Gasteiger partial charge in [0.25, 0.3) is 0 Å². The average molecular weight is 702 g/mol. The highest BCUT2D eigenvalue weighted by molar-refractivity contribution is 8.76. The Morgan fingerprint density at radius 1 is 0.958 bits per heavy atom. The molecule has 0 saturated heterocycles. The number of rotatable bonds is 18. The minimum Gasteiger partial charge on any atom is -0.397 e. The van der Waals surface area contributed by atoms with E-state index < -0.39 is 0 Å². The van der Waals surface area contributed by atoms with E-state index in [-0.39, 0.29) is 0 Å². The van der Waals surface area contributed by atoms with Crippen molar-refractivity contribution >= 4 is 57.0 Å². The third kappa shape index (κ3) is 18.3. The van der Waals surface area contributed by atoms with Crippen molar-refractivity contribution in [2.45, 2.75) is 0 Å². The molecule has 3 rings (SSSR count). The van der Waals surface area contributed by atoms with Gasteiger partial charge in [0.05, 0.1) is 107 Å². The molecule has 2 aromatic carbocycles. The first-order valence-electron chi connectivity index (χ1n) is 15.8. The van der Waals surface area contributed by atoms with Crippen LogP contribution in [0.25, 0.3) is 0 Å². The highest BCUT2D eigenvalue weighted by Gasteiger charge is 2.14. The van der Waals surface area contributed by atoms with Crippen molar-refractivity contribution in [3.8, 4) is 0 Å². The van der Waals surface area contributed by atoms with Crippen LogP contribution in [0.4, 0.5) is 28.7 Å². The second kappa shape index (κ2) is 23.2. The van der Waals surface area contributed by atoms with Gasteiger partial charge in [-0.1, -0.05) is 52.4 Å². The first kappa shape index (κ1) is 41.9. The van der Waals surface area contributed by atoms with Crippen LogP contribution in [-0.2, 0) is 14.1 Å². The van der Waals surface area contributed by atoms with Gasteiger partial charge in [0.2, 0.25) is 0 Å². The van der Waals surface area contributed by atoms with Gasteiger partial charge in [-0.2, -0.15) is 0 Å². The number of anilines is 5. The fourth-order valence-electron chi connectivity index (χ4n) is 3.83. The van der Waals surface area contributed by atoms with Crippen LogP contribution in [0.3, 0.4) is 0 Å². The third-order valence-corrected chi connectivity index (χ3v) is 9.57. The molecular formula is C34H61N12S2+3. The van der Waals surface area contributed by atoms with Crippen molar-refractivity contribution in [3.63, 3.8) is 0 Å². The van der Waals surface area contributed by atoms with Gasteiger partial charge in [-0.05, 0) is 24.3 Å². The number of likely N-dealkylation sites (N-methyl/N-ethyl adjacent to an activating group) is 1. The first-order chi connectivity index (χ1) is 22.8. The van der Waals surface area contributed by atoms with E-state index in [0.29, 0.717) is 5.82 Å². The highest BCUT2D eigenvalue weighted by atomic mass is 33.1. The van der Waals surface area contributed by atoms with Crippen molar-refractivity contribution in [2.24, 2.45) is 19.8 Å². The molecule has 0 unspecified atom stereocenters. The number of quaternary nitrogens is 1. The molecule has 0 fully saturated rings. The second-order valence-electron chi connectivity index (χ2n) is 11.8. The number of aryl methyl sites for hydroxylation is 2. The molecule has 1 aromatic heterocycles. The Morgan fingerprint density at radius 2 is 1.52 bits per heavy atom. The average Bonchev–Trinajstić information content (AvgIpc) is 3.34. The largest absolute Gasteiger partial charge is 0.397 e. The van der Waals surface area contributed by atoms with Crippen LogP contribution < -0.4 is 43.5 Å². The van der Waals surface area contributed by atoms with Crippen molar-refractivity contribution in [2.75, 3.05) is 107 Å². The number of benzene rings is 2. The van der Waals surface area contributed by atoms with Crippen molar-refractivity contribution in [1.82, 2.24) is 14.8 Å². The van der Waals surface area contributed by atoms with E-state index in [2.05, 4.69) is 47.9 Å². The molecule has 12 nitrogen and oxygen atoms in total. The number of hydrogen-bond acceptors (Lipinski definition) is 10. The summed E-state index contributed by atoms with van der Waals surface area (Å²) in [6.45, 7) is 13.5. The van der Waals surface area contributed by atoms with Crippen LogP contribution in [0.5, 0.6) is 0 Å². The predicted molar refractivity (Wildman–Crippen MR) is 213 cm³/mol. The van der Waals surface area contributed by atoms with Gasteiger partial charge < -0.3 is 42.5 Å². The molecule has 48 heavy (non-hydrogen) atoms. The molecule has 11 N–H and O–H groups in total. The Labute approximate surface area is 296 Å². The lowest BCUT2D eigenvalue weighted by atomic mass is 10.2. The molecule has 3 aromatic rings. The summed E-state index contributed by atoms with van der Waals surface area (Å²) in [7, 11) is 15.9. The number of nitrogens with one attached hydrogen (secondary N) is 3. The van der Waals surface area contributed by atoms with Crippen molar-refractivity contribution in [1.29, 1.82) is 0 Å². The number of aromatic nitrogens is 2. The van der Waals surface area contributed by atoms with Gasteiger partial charge in [-0.15, -0.1) is 0 Å². The van der Waals surface area contributed by atoms with Crippen molar-refractivity contribution in [3.05, 3.63) is 85.7 Å². The predicted octanol–water partition coefficient (Wildman–Crippen LogP) is 3.02. The van der Waals surface area contributed by atoms with Crippen LogP contribution in [0.15, 0.2) is 85.7 Å². The van der Waals surface area contributed by atoms with E-state index in [4.69, 9.17) is 22.9 Å². The minimum absolute atomic E-state index is 0.529. The lowest BCUT2D eigenvalue weighted by Gasteiger charge is -2.29. The van der Waals surface area contributed by atoms with Gasteiger partial charge in [0, 0.05) is 26.5 Å². The van der Waals surface area contributed by atoms with E-state index in [1.807, 2.05) is 120 Å². The molecule has 0 bridgehead atoms. The number of nitrogens with zero attached hydrogens (tertiary/aromatic N) is 5. The van der Waals surface area contributed by atoms with E-state index in [1.165, 1.54) is 0 Å². The molecular weight excluding hydrogens is 641 g/mol. The molecule has 14 heteroatoms. The zero-order chi connectivity index (χ0) is 36.0. The lowest BCUT2D eigenvalue weighted by molar-refractivity contribution is -0.886. The van der Waals surface area contributed by atoms with Crippen LogP contribution >= 0.6 is 21.6 Å². The standard InChI is InChI=1S/C23H38N6S2.C6H13N3.C5H9N3/c1-28(14-12-26-22-10-6-4-8-20(22)24)15-18-30-31-19-17-29(2,3)16-13-27-23-11-7-5-9-21(23)25;1-6(7)9(3)5-4-8-2;1-7-3-4-8(2)5(7)6/h4-11,26-27H,1,12-19,24-25H2,2-3H3;4-5,8H,1,7H2,2-3H3;3-4,6H,1-2H3/q+2;;/p+1/b;5-4-;. The number of hydrogen-bond donors (Lipinski definition) is 7.